The van der Waals surface area contributed by atoms with Crippen LogP contribution in [0.25, 0.3) is 0 Å². The molecule has 2 rings (SSSR count). The Bertz CT molecular complexity index is 584. The number of halogens is 2. The zero-order valence-corrected chi connectivity index (χ0v) is 10.6. The minimum Gasteiger partial charge on any atom is -0.454 e. The molecule has 100 valence electrons. The summed E-state index contributed by atoms with van der Waals surface area (Å²) in [4.78, 5) is 0. The fraction of sp³-hybridized carbons (Fsp3) is 0.200. The second kappa shape index (κ2) is 5.80. The Morgan fingerprint density at radius 1 is 1.05 bits per heavy atom. The number of nitrogens with two attached hydrogens (primary N) is 1. The molecule has 0 atom stereocenters. The summed E-state index contributed by atoms with van der Waals surface area (Å²) in [6.45, 7) is 2.12. The Labute approximate surface area is 110 Å². The minimum atomic E-state index is -0.480. The molecule has 0 amide bonds. The second-order valence-electron chi connectivity index (χ2n) is 4.32. The molecule has 0 fully saturated rings. The van der Waals surface area contributed by atoms with Crippen LogP contribution < -0.4 is 10.5 Å². The molecule has 0 aliphatic carbocycles. The Morgan fingerprint density at radius 3 is 2.47 bits per heavy atom. The highest BCUT2D eigenvalue weighted by Gasteiger charge is 2.07. The average molecular weight is 263 g/mol. The first-order chi connectivity index (χ1) is 9.10. The summed E-state index contributed by atoms with van der Waals surface area (Å²) in [5.74, 6) is -0.512. The third-order valence-electron chi connectivity index (χ3n) is 2.80. The Balaban J connectivity index is 2.20. The number of ether oxygens (including phenoxy) is 1. The van der Waals surface area contributed by atoms with E-state index >= 15 is 0 Å². The van der Waals surface area contributed by atoms with Gasteiger partial charge in [-0.25, -0.2) is 8.78 Å². The van der Waals surface area contributed by atoms with E-state index in [-0.39, 0.29) is 17.3 Å². The maximum Gasteiger partial charge on any atom is 0.165 e. The van der Waals surface area contributed by atoms with Crippen molar-refractivity contribution in [3.05, 3.63) is 59.2 Å². The fourth-order valence-corrected chi connectivity index (χ4v) is 1.71. The largest absolute Gasteiger partial charge is 0.454 e. The van der Waals surface area contributed by atoms with Crippen molar-refractivity contribution in [1.29, 1.82) is 0 Å². The maximum absolute atomic E-state index is 13.8. The Hall–Kier alpha value is -1.94. The van der Waals surface area contributed by atoms with E-state index in [1.54, 1.807) is 25.1 Å². The van der Waals surface area contributed by atoms with Gasteiger partial charge in [0.05, 0.1) is 0 Å². The van der Waals surface area contributed by atoms with Gasteiger partial charge in [0.2, 0.25) is 0 Å². The summed E-state index contributed by atoms with van der Waals surface area (Å²) in [5, 5.41) is 0. The van der Waals surface area contributed by atoms with Crippen LogP contribution in [-0.2, 0) is 6.42 Å². The number of benzene rings is 2. The van der Waals surface area contributed by atoms with Gasteiger partial charge >= 0.3 is 0 Å². The van der Waals surface area contributed by atoms with Crippen LogP contribution in [0.15, 0.2) is 36.4 Å². The lowest BCUT2D eigenvalue weighted by Crippen LogP contribution is -2.03. The zero-order chi connectivity index (χ0) is 13.8. The van der Waals surface area contributed by atoms with Crippen LogP contribution in [0.1, 0.15) is 11.1 Å². The Morgan fingerprint density at radius 2 is 1.84 bits per heavy atom. The molecule has 0 saturated carbocycles. The smallest absolute Gasteiger partial charge is 0.165 e. The van der Waals surface area contributed by atoms with Gasteiger partial charge in [0.15, 0.2) is 11.6 Å². The van der Waals surface area contributed by atoms with Crippen molar-refractivity contribution in [3.63, 3.8) is 0 Å². The molecule has 0 aliphatic rings. The molecule has 2 aromatic rings. The third kappa shape index (κ3) is 3.29. The molecule has 0 saturated heterocycles. The minimum absolute atomic E-state index is 0.0732. The molecule has 0 spiro atoms. The summed E-state index contributed by atoms with van der Waals surface area (Å²) < 4.78 is 32.5. The van der Waals surface area contributed by atoms with Crippen molar-refractivity contribution in [2.45, 2.75) is 13.3 Å². The highest BCUT2D eigenvalue weighted by atomic mass is 19.1. The monoisotopic (exact) mass is 263 g/mol. The maximum atomic E-state index is 13.8. The molecule has 19 heavy (non-hydrogen) atoms. The van der Waals surface area contributed by atoms with E-state index in [1.165, 1.54) is 18.2 Å². The summed E-state index contributed by atoms with van der Waals surface area (Å²) >= 11 is 0. The van der Waals surface area contributed by atoms with Crippen molar-refractivity contribution >= 4 is 0 Å². The van der Waals surface area contributed by atoms with Crippen molar-refractivity contribution in [1.82, 2.24) is 0 Å². The van der Waals surface area contributed by atoms with Gasteiger partial charge in [-0.1, -0.05) is 12.1 Å². The molecule has 2 N–H and O–H groups in total. The molecule has 2 nitrogen and oxygen atoms in total. The molecule has 0 heterocycles. The van der Waals surface area contributed by atoms with Crippen LogP contribution in [0.5, 0.6) is 11.5 Å². The second-order valence-corrected chi connectivity index (χ2v) is 4.32. The van der Waals surface area contributed by atoms with Gasteiger partial charge < -0.3 is 10.5 Å². The highest BCUT2D eigenvalue weighted by Crippen LogP contribution is 2.26. The summed E-state index contributed by atoms with van der Waals surface area (Å²) in [7, 11) is 0. The van der Waals surface area contributed by atoms with E-state index in [9.17, 15) is 8.78 Å². The summed E-state index contributed by atoms with van der Waals surface area (Å²) in [6, 6.07) is 9.08. The van der Waals surface area contributed by atoms with Gasteiger partial charge in [0.1, 0.15) is 11.6 Å². The predicted octanol–water partition coefficient (Wildman–Crippen LogP) is 3.57. The van der Waals surface area contributed by atoms with Crippen molar-refractivity contribution in [2.75, 3.05) is 6.54 Å². The molecule has 0 radical (unpaired) electrons. The molecular weight excluding hydrogens is 248 g/mol. The first-order valence-electron chi connectivity index (χ1n) is 6.02. The van der Waals surface area contributed by atoms with Crippen LogP contribution >= 0.6 is 0 Å². The van der Waals surface area contributed by atoms with Crippen molar-refractivity contribution in [2.24, 2.45) is 5.73 Å². The van der Waals surface area contributed by atoms with E-state index in [2.05, 4.69) is 0 Å². The molecule has 0 aromatic heterocycles. The van der Waals surface area contributed by atoms with Crippen LogP contribution in [0.4, 0.5) is 8.78 Å². The topological polar surface area (TPSA) is 35.2 Å². The SMILES string of the molecule is Cc1ccc(Oc2ccc(CCN)cc2F)cc1F. The van der Waals surface area contributed by atoms with Gasteiger partial charge in [-0.2, -0.15) is 0 Å². The van der Waals surface area contributed by atoms with Crippen molar-refractivity contribution in [3.8, 4) is 11.5 Å². The van der Waals surface area contributed by atoms with E-state index in [0.717, 1.165) is 5.56 Å². The van der Waals surface area contributed by atoms with E-state index < -0.39 is 5.82 Å². The molecule has 0 unspecified atom stereocenters. The lowest BCUT2D eigenvalue weighted by Gasteiger charge is -2.09. The van der Waals surface area contributed by atoms with Gasteiger partial charge in [-0.15, -0.1) is 0 Å². The van der Waals surface area contributed by atoms with E-state index in [1.807, 2.05) is 0 Å². The van der Waals surface area contributed by atoms with E-state index in [4.69, 9.17) is 10.5 Å². The number of aryl methyl sites for hydroxylation is 1. The van der Waals surface area contributed by atoms with Crippen LogP contribution in [0, 0.1) is 18.6 Å². The van der Waals surface area contributed by atoms with Crippen molar-refractivity contribution < 1.29 is 13.5 Å². The molecule has 2 aromatic carbocycles. The average Bonchev–Trinajstić information content (AvgIpc) is 2.37. The van der Waals surface area contributed by atoms with Gasteiger partial charge in [0, 0.05) is 6.07 Å². The third-order valence-corrected chi connectivity index (χ3v) is 2.80. The lowest BCUT2D eigenvalue weighted by atomic mass is 10.1. The molecular formula is C15H15F2NO. The van der Waals surface area contributed by atoms with Gasteiger partial charge in [0.25, 0.3) is 0 Å². The van der Waals surface area contributed by atoms with Crippen LogP contribution in [-0.4, -0.2) is 6.54 Å². The number of hydrogen-bond acceptors (Lipinski definition) is 2. The molecule has 0 aliphatic heterocycles. The first kappa shape index (κ1) is 13.5. The van der Waals surface area contributed by atoms with Crippen LogP contribution in [0.2, 0.25) is 0 Å². The lowest BCUT2D eigenvalue weighted by molar-refractivity contribution is 0.438. The molecule has 4 heteroatoms. The standard InChI is InChI=1S/C15H15F2NO/c1-10-2-4-12(9-13(10)16)19-15-5-3-11(6-7-18)8-14(15)17/h2-5,8-9H,6-7,18H2,1H3. The normalized spacial score (nSPS) is 10.5. The highest BCUT2D eigenvalue weighted by molar-refractivity contribution is 5.36. The first-order valence-corrected chi connectivity index (χ1v) is 6.02. The number of rotatable bonds is 4. The van der Waals surface area contributed by atoms with Crippen LogP contribution in [0.3, 0.4) is 0 Å². The quantitative estimate of drug-likeness (QED) is 0.915. The zero-order valence-electron chi connectivity index (χ0n) is 10.6. The van der Waals surface area contributed by atoms with E-state index in [0.29, 0.717) is 18.5 Å². The number of hydrogen-bond donors (Lipinski definition) is 1. The summed E-state index contributed by atoms with van der Waals surface area (Å²) in [5.41, 5.74) is 6.74. The molecule has 0 bridgehead atoms. The fourth-order valence-electron chi connectivity index (χ4n) is 1.71. The predicted molar refractivity (Wildman–Crippen MR) is 70.4 cm³/mol. The Kier molecular flexibility index (Phi) is 4.12. The van der Waals surface area contributed by atoms with Gasteiger partial charge in [-0.3, -0.25) is 0 Å². The summed E-state index contributed by atoms with van der Waals surface area (Å²) in [6.07, 6.45) is 0.607. The van der Waals surface area contributed by atoms with Gasteiger partial charge in [-0.05, 0) is 49.2 Å².